The second-order valence-electron chi connectivity index (χ2n) is 8.90. The smallest absolute Gasteiger partial charge is 0.272 e. The van der Waals surface area contributed by atoms with Gasteiger partial charge < -0.3 is 25.4 Å². The monoisotopic (exact) mass is 581 g/mol. The van der Waals surface area contributed by atoms with Gasteiger partial charge in [-0.25, -0.2) is 0 Å². The minimum atomic E-state index is -0.498. The first kappa shape index (κ1) is 30.0. The molecule has 42 heavy (non-hydrogen) atoms. The van der Waals surface area contributed by atoms with Crippen LogP contribution >= 0.6 is 11.8 Å². The third-order valence-electron chi connectivity index (χ3n) is 5.88. The van der Waals surface area contributed by atoms with Crippen molar-refractivity contribution in [3.05, 3.63) is 120 Å². The Labute approximate surface area is 249 Å². The molecule has 4 rings (SSSR count). The van der Waals surface area contributed by atoms with Crippen LogP contribution in [-0.4, -0.2) is 37.2 Å². The number of hydrogen-bond donors (Lipinski definition) is 3. The summed E-state index contributed by atoms with van der Waals surface area (Å²) in [5, 5.41) is 8.47. The van der Waals surface area contributed by atoms with E-state index in [9.17, 15) is 14.4 Å². The molecule has 8 nitrogen and oxygen atoms in total. The maximum atomic E-state index is 13.4. The third kappa shape index (κ3) is 8.74. The number of para-hydroxylation sites is 2. The summed E-state index contributed by atoms with van der Waals surface area (Å²) < 4.78 is 10.8. The molecule has 214 valence electrons. The molecule has 4 aromatic carbocycles. The van der Waals surface area contributed by atoms with Gasteiger partial charge in [0.05, 0.1) is 25.2 Å². The van der Waals surface area contributed by atoms with E-state index in [-0.39, 0.29) is 17.4 Å². The molecule has 3 N–H and O–H groups in total. The number of anilines is 2. The van der Waals surface area contributed by atoms with Crippen molar-refractivity contribution in [1.29, 1.82) is 0 Å². The van der Waals surface area contributed by atoms with Gasteiger partial charge in [-0.1, -0.05) is 48.5 Å². The van der Waals surface area contributed by atoms with E-state index in [0.29, 0.717) is 40.6 Å². The zero-order valence-electron chi connectivity index (χ0n) is 23.3. The number of carbonyl (C=O) groups is 3. The molecule has 0 fully saturated rings. The van der Waals surface area contributed by atoms with E-state index < -0.39 is 11.8 Å². The highest BCUT2D eigenvalue weighted by molar-refractivity contribution is 8.00. The first-order valence-electron chi connectivity index (χ1n) is 13.2. The molecule has 0 radical (unpaired) electrons. The molecule has 0 unspecified atom stereocenters. The van der Waals surface area contributed by atoms with Crippen LogP contribution in [0.3, 0.4) is 0 Å². The molecule has 0 heterocycles. The van der Waals surface area contributed by atoms with Crippen LogP contribution in [-0.2, 0) is 9.59 Å². The van der Waals surface area contributed by atoms with Gasteiger partial charge in [0.1, 0.15) is 17.2 Å². The number of benzene rings is 4. The van der Waals surface area contributed by atoms with Crippen molar-refractivity contribution in [1.82, 2.24) is 5.32 Å². The zero-order chi connectivity index (χ0) is 29.7. The summed E-state index contributed by atoms with van der Waals surface area (Å²) in [4.78, 5) is 39.7. The Morgan fingerprint density at radius 3 is 2.31 bits per heavy atom. The standard InChI is InChI=1S/C33H31N3O5S/c1-3-41-30-15-8-7-14-28(30)35-31(37)22-42-27-13-9-12-25(21-27)34-33(39)29(20-23-16-18-26(40-2)19-17-23)36-32(38)24-10-5-4-6-11-24/h4-21H,3,22H2,1-2H3,(H,34,39)(H,35,37)(H,36,38)/b29-20+. The van der Waals surface area contributed by atoms with Crippen molar-refractivity contribution in [3.63, 3.8) is 0 Å². The summed E-state index contributed by atoms with van der Waals surface area (Å²) in [5.74, 6) is 0.353. The predicted octanol–water partition coefficient (Wildman–Crippen LogP) is 6.23. The maximum absolute atomic E-state index is 13.4. The highest BCUT2D eigenvalue weighted by atomic mass is 32.2. The molecule has 0 bridgehead atoms. The molecular formula is C33H31N3O5S. The van der Waals surface area contributed by atoms with E-state index in [0.717, 1.165) is 4.90 Å². The normalized spacial score (nSPS) is 10.9. The van der Waals surface area contributed by atoms with E-state index >= 15 is 0 Å². The van der Waals surface area contributed by atoms with Crippen molar-refractivity contribution in [2.24, 2.45) is 0 Å². The van der Waals surface area contributed by atoms with Crippen LogP contribution in [0.4, 0.5) is 11.4 Å². The van der Waals surface area contributed by atoms with Gasteiger partial charge >= 0.3 is 0 Å². The molecule has 0 atom stereocenters. The van der Waals surface area contributed by atoms with Crippen LogP contribution in [0.15, 0.2) is 114 Å². The molecule has 0 aliphatic rings. The highest BCUT2D eigenvalue weighted by Gasteiger charge is 2.16. The summed E-state index contributed by atoms with van der Waals surface area (Å²) in [5.41, 5.74) is 2.32. The maximum Gasteiger partial charge on any atom is 0.272 e. The van der Waals surface area contributed by atoms with Crippen LogP contribution in [0.2, 0.25) is 0 Å². The number of carbonyl (C=O) groups excluding carboxylic acids is 3. The SMILES string of the molecule is CCOc1ccccc1NC(=O)CSc1cccc(NC(=O)/C(=C\c2ccc(OC)cc2)NC(=O)c2ccccc2)c1. The Bertz CT molecular complexity index is 1560. The Kier molecular flexibility index (Phi) is 10.8. The molecular weight excluding hydrogens is 550 g/mol. The summed E-state index contributed by atoms with van der Waals surface area (Å²) in [7, 11) is 1.57. The summed E-state index contributed by atoms with van der Waals surface area (Å²) in [6.45, 7) is 2.38. The predicted molar refractivity (Wildman–Crippen MR) is 167 cm³/mol. The van der Waals surface area contributed by atoms with Crippen molar-refractivity contribution < 1.29 is 23.9 Å². The van der Waals surface area contributed by atoms with Gasteiger partial charge in [-0.05, 0) is 73.2 Å². The molecule has 4 aromatic rings. The van der Waals surface area contributed by atoms with E-state index in [1.807, 2.05) is 31.2 Å². The van der Waals surface area contributed by atoms with E-state index in [4.69, 9.17) is 9.47 Å². The van der Waals surface area contributed by atoms with E-state index in [2.05, 4.69) is 16.0 Å². The van der Waals surface area contributed by atoms with Crippen molar-refractivity contribution in [2.75, 3.05) is 30.1 Å². The molecule has 3 amide bonds. The fourth-order valence-electron chi connectivity index (χ4n) is 3.86. The van der Waals surface area contributed by atoms with Crippen LogP contribution in [0.5, 0.6) is 11.5 Å². The average molecular weight is 582 g/mol. The van der Waals surface area contributed by atoms with Crippen LogP contribution in [0.25, 0.3) is 6.08 Å². The van der Waals surface area contributed by atoms with Crippen LogP contribution < -0.4 is 25.4 Å². The van der Waals surface area contributed by atoms with Gasteiger partial charge in [0, 0.05) is 16.1 Å². The molecule has 0 saturated carbocycles. The lowest BCUT2D eigenvalue weighted by Gasteiger charge is -2.13. The number of thioether (sulfide) groups is 1. The van der Waals surface area contributed by atoms with Gasteiger partial charge in [0.25, 0.3) is 11.8 Å². The van der Waals surface area contributed by atoms with Gasteiger partial charge in [0.2, 0.25) is 5.91 Å². The lowest BCUT2D eigenvalue weighted by atomic mass is 10.1. The highest BCUT2D eigenvalue weighted by Crippen LogP contribution is 2.26. The Morgan fingerprint density at radius 1 is 0.833 bits per heavy atom. The topological polar surface area (TPSA) is 106 Å². The fraction of sp³-hybridized carbons (Fsp3) is 0.121. The molecule has 0 aliphatic heterocycles. The second-order valence-corrected chi connectivity index (χ2v) is 9.95. The van der Waals surface area contributed by atoms with Crippen molar-refractivity contribution >= 4 is 46.9 Å². The number of ether oxygens (including phenoxy) is 2. The third-order valence-corrected chi connectivity index (χ3v) is 6.87. The molecule has 0 saturated heterocycles. The van der Waals surface area contributed by atoms with Crippen molar-refractivity contribution in [3.8, 4) is 11.5 Å². The van der Waals surface area contributed by atoms with Crippen LogP contribution in [0.1, 0.15) is 22.8 Å². The van der Waals surface area contributed by atoms with Crippen molar-refractivity contribution in [2.45, 2.75) is 11.8 Å². The largest absolute Gasteiger partial charge is 0.497 e. The fourth-order valence-corrected chi connectivity index (χ4v) is 4.61. The average Bonchev–Trinajstić information content (AvgIpc) is 3.01. The molecule has 0 aromatic heterocycles. The molecule has 0 aliphatic carbocycles. The number of nitrogens with one attached hydrogen (secondary N) is 3. The minimum Gasteiger partial charge on any atom is -0.497 e. The number of methoxy groups -OCH3 is 1. The lowest BCUT2D eigenvalue weighted by Crippen LogP contribution is -2.30. The summed E-state index contributed by atoms with van der Waals surface area (Å²) in [6.07, 6.45) is 1.60. The summed E-state index contributed by atoms with van der Waals surface area (Å²) >= 11 is 1.33. The number of hydrogen-bond acceptors (Lipinski definition) is 6. The quantitative estimate of drug-likeness (QED) is 0.135. The summed E-state index contributed by atoms with van der Waals surface area (Å²) in [6, 6.07) is 30.2. The zero-order valence-corrected chi connectivity index (χ0v) is 24.1. The van der Waals surface area contributed by atoms with Gasteiger partial charge in [-0.2, -0.15) is 0 Å². The Balaban J connectivity index is 1.44. The Morgan fingerprint density at radius 2 is 1.57 bits per heavy atom. The number of amides is 3. The second kappa shape index (κ2) is 15.1. The van der Waals surface area contributed by atoms with E-state index in [1.54, 1.807) is 92.0 Å². The lowest BCUT2D eigenvalue weighted by molar-refractivity contribution is -0.114. The Hall–Kier alpha value is -5.02. The number of rotatable bonds is 12. The van der Waals surface area contributed by atoms with Gasteiger partial charge in [-0.3, -0.25) is 14.4 Å². The molecule has 0 spiro atoms. The molecule has 9 heteroatoms. The van der Waals surface area contributed by atoms with Crippen LogP contribution in [0, 0.1) is 0 Å². The van der Waals surface area contributed by atoms with E-state index in [1.165, 1.54) is 11.8 Å². The first-order valence-corrected chi connectivity index (χ1v) is 14.2. The van der Waals surface area contributed by atoms with Gasteiger partial charge in [-0.15, -0.1) is 11.8 Å². The first-order chi connectivity index (χ1) is 20.4. The minimum absolute atomic E-state index is 0.0689. The van der Waals surface area contributed by atoms with Gasteiger partial charge in [0.15, 0.2) is 0 Å².